The van der Waals surface area contributed by atoms with Crippen molar-refractivity contribution in [3.63, 3.8) is 0 Å². The van der Waals surface area contributed by atoms with E-state index in [1.54, 1.807) is 0 Å². The molecule has 0 aliphatic carbocycles. The van der Waals surface area contributed by atoms with Gasteiger partial charge in [0.1, 0.15) is 0 Å². The fraction of sp³-hybridized carbons (Fsp3) is 1.00. The van der Waals surface area contributed by atoms with Crippen LogP contribution >= 0.6 is 0 Å². The molecule has 2 atom stereocenters. The predicted octanol–water partition coefficient (Wildman–Crippen LogP) is 1.76. The van der Waals surface area contributed by atoms with Crippen molar-refractivity contribution in [2.75, 3.05) is 19.6 Å². The van der Waals surface area contributed by atoms with Crippen LogP contribution in [0.2, 0.25) is 0 Å². The lowest BCUT2D eigenvalue weighted by atomic mass is 10.0. The van der Waals surface area contributed by atoms with Gasteiger partial charge in [0, 0.05) is 12.6 Å². The Bertz CT molecular complexity index is 125. The van der Waals surface area contributed by atoms with Crippen molar-refractivity contribution in [2.45, 2.75) is 45.6 Å². The van der Waals surface area contributed by atoms with Crippen molar-refractivity contribution < 1.29 is 0 Å². The number of unbranched alkanes of at least 4 members (excludes halogenated alkanes) is 2. The summed E-state index contributed by atoms with van der Waals surface area (Å²) in [5.41, 5.74) is 0. The molecule has 0 spiro atoms. The van der Waals surface area contributed by atoms with Crippen molar-refractivity contribution in [3.8, 4) is 0 Å². The molecule has 0 radical (unpaired) electrons. The lowest BCUT2D eigenvalue weighted by molar-refractivity contribution is 0.412. The fourth-order valence-electron chi connectivity index (χ4n) is 2.06. The molecule has 2 nitrogen and oxygen atoms in total. The zero-order valence-electron chi connectivity index (χ0n) is 9.10. The second kappa shape index (κ2) is 6.39. The van der Waals surface area contributed by atoms with Crippen LogP contribution in [0.15, 0.2) is 0 Å². The molecule has 13 heavy (non-hydrogen) atoms. The molecule has 1 aliphatic heterocycles. The van der Waals surface area contributed by atoms with Gasteiger partial charge in [-0.3, -0.25) is 0 Å². The molecular formula is C11H24N2. The van der Waals surface area contributed by atoms with Gasteiger partial charge in [-0.25, -0.2) is 0 Å². The Kier molecular flexibility index (Phi) is 5.40. The van der Waals surface area contributed by atoms with Gasteiger partial charge in [0.25, 0.3) is 0 Å². The average Bonchev–Trinajstić information content (AvgIpc) is 2.60. The fourth-order valence-corrected chi connectivity index (χ4v) is 2.06. The van der Waals surface area contributed by atoms with E-state index in [1.165, 1.54) is 45.3 Å². The molecule has 2 unspecified atom stereocenters. The maximum atomic E-state index is 3.65. The summed E-state index contributed by atoms with van der Waals surface area (Å²) in [6.45, 7) is 8.13. The van der Waals surface area contributed by atoms with E-state index in [0.29, 0.717) is 0 Å². The van der Waals surface area contributed by atoms with Crippen LogP contribution in [0.4, 0.5) is 0 Å². The Morgan fingerprint density at radius 2 is 2.08 bits per heavy atom. The largest absolute Gasteiger partial charge is 0.315 e. The van der Waals surface area contributed by atoms with E-state index in [9.17, 15) is 0 Å². The van der Waals surface area contributed by atoms with Crippen LogP contribution in [0.1, 0.15) is 39.5 Å². The molecule has 1 aliphatic rings. The SMILES string of the molecule is CCCCCNC1CNCC1CC. The van der Waals surface area contributed by atoms with E-state index in [0.717, 1.165) is 12.0 Å². The molecule has 1 rings (SSSR count). The number of nitrogens with one attached hydrogen (secondary N) is 2. The Morgan fingerprint density at radius 1 is 1.23 bits per heavy atom. The Labute approximate surface area is 82.5 Å². The van der Waals surface area contributed by atoms with Crippen molar-refractivity contribution >= 4 is 0 Å². The third-order valence-corrected chi connectivity index (χ3v) is 3.05. The molecule has 1 fully saturated rings. The van der Waals surface area contributed by atoms with Gasteiger partial charge in [0.2, 0.25) is 0 Å². The summed E-state index contributed by atoms with van der Waals surface area (Å²) in [7, 11) is 0. The van der Waals surface area contributed by atoms with Gasteiger partial charge >= 0.3 is 0 Å². The molecule has 1 heterocycles. The van der Waals surface area contributed by atoms with E-state index in [4.69, 9.17) is 0 Å². The molecule has 0 aromatic rings. The van der Waals surface area contributed by atoms with Crippen LogP contribution in [0.5, 0.6) is 0 Å². The topological polar surface area (TPSA) is 24.1 Å². The molecule has 78 valence electrons. The minimum absolute atomic E-state index is 0.738. The Hall–Kier alpha value is -0.0800. The number of hydrogen-bond donors (Lipinski definition) is 2. The lowest BCUT2D eigenvalue weighted by Crippen LogP contribution is -2.36. The minimum atomic E-state index is 0.738. The maximum absolute atomic E-state index is 3.65. The van der Waals surface area contributed by atoms with Crippen molar-refractivity contribution in [1.29, 1.82) is 0 Å². The minimum Gasteiger partial charge on any atom is -0.315 e. The highest BCUT2D eigenvalue weighted by Crippen LogP contribution is 2.12. The number of rotatable bonds is 6. The first kappa shape index (κ1) is 11.0. The molecule has 0 saturated carbocycles. The quantitative estimate of drug-likeness (QED) is 0.615. The monoisotopic (exact) mass is 184 g/mol. The summed E-state index contributed by atoms with van der Waals surface area (Å²) in [4.78, 5) is 0. The van der Waals surface area contributed by atoms with E-state index in [2.05, 4.69) is 24.5 Å². The zero-order chi connectivity index (χ0) is 9.52. The van der Waals surface area contributed by atoms with Crippen molar-refractivity contribution in [1.82, 2.24) is 10.6 Å². The molecule has 2 N–H and O–H groups in total. The van der Waals surface area contributed by atoms with Gasteiger partial charge in [-0.2, -0.15) is 0 Å². The summed E-state index contributed by atoms with van der Waals surface area (Å²) >= 11 is 0. The first-order chi connectivity index (χ1) is 6.38. The lowest BCUT2D eigenvalue weighted by Gasteiger charge is -2.18. The summed E-state index contributed by atoms with van der Waals surface area (Å²) < 4.78 is 0. The highest BCUT2D eigenvalue weighted by molar-refractivity contribution is 4.85. The van der Waals surface area contributed by atoms with Crippen LogP contribution in [-0.2, 0) is 0 Å². The first-order valence-corrected chi connectivity index (χ1v) is 5.82. The standard InChI is InChI=1S/C11H24N2/c1-3-5-6-7-13-11-9-12-8-10(11)4-2/h10-13H,3-9H2,1-2H3. The summed E-state index contributed by atoms with van der Waals surface area (Å²) in [5.74, 6) is 0.863. The highest BCUT2D eigenvalue weighted by atomic mass is 15.0. The normalized spacial score (nSPS) is 28.2. The average molecular weight is 184 g/mol. The molecule has 0 bridgehead atoms. The molecule has 0 aromatic carbocycles. The summed E-state index contributed by atoms with van der Waals surface area (Å²) in [6.07, 6.45) is 5.33. The highest BCUT2D eigenvalue weighted by Gasteiger charge is 2.24. The summed E-state index contributed by atoms with van der Waals surface area (Å²) in [6, 6.07) is 0.738. The molecule has 1 saturated heterocycles. The van der Waals surface area contributed by atoms with Crippen LogP contribution in [0.25, 0.3) is 0 Å². The molecule has 0 aromatic heterocycles. The molecule has 0 amide bonds. The smallest absolute Gasteiger partial charge is 0.0232 e. The van der Waals surface area contributed by atoms with E-state index in [1.807, 2.05) is 0 Å². The van der Waals surface area contributed by atoms with Crippen LogP contribution in [-0.4, -0.2) is 25.7 Å². The third-order valence-electron chi connectivity index (χ3n) is 3.05. The van der Waals surface area contributed by atoms with E-state index < -0.39 is 0 Å². The van der Waals surface area contributed by atoms with Gasteiger partial charge in [-0.15, -0.1) is 0 Å². The predicted molar refractivity (Wildman–Crippen MR) is 58.0 cm³/mol. The van der Waals surface area contributed by atoms with Gasteiger partial charge < -0.3 is 10.6 Å². The van der Waals surface area contributed by atoms with Crippen LogP contribution in [0, 0.1) is 5.92 Å². The van der Waals surface area contributed by atoms with Crippen LogP contribution < -0.4 is 10.6 Å². The first-order valence-electron chi connectivity index (χ1n) is 5.82. The van der Waals surface area contributed by atoms with Gasteiger partial charge in [0.15, 0.2) is 0 Å². The number of hydrogen-bond acceptors (Lipinski definition) is 2. The Morgan fingerprint density at radius 3 is 2.77 bits per heavy atom. The van der Waals surface area contributed by atoms with E-state index >= 15 is 0 Å². The second-order valence-corrected chi connectivity index (χ2v) is 4.09. The summed E-state index contributed by atoms with van der Waals surface area (Å²) in [5, 5.41) is 7.11. The Balaban J connectivity index is 2.06. The van der Waals surface area contributed by atoms with Gasteiger partial charge in [-0.05, 0) is 25.4 Å². The zero-order valence-corrected chi connectivity index (χ0v) is 9.10. The third kappa shape index (κ3) is 3.65. The van der Waals surface area contributed by atoms with Crippen molar-refractivity contribution in [2.24, 2.45) is 5.92 Å². The molecule has 2 heteroatoms. The molecular weight excluding hydrogens is 160 g/mol. The second-order valence-electron chi connectivity index (χ2n) is 4.09. The van der Waals surface area contributed by atoms with Gasteiger partial charge in [0.05, 0.1) is 0 Å². The van der Waals surface area contributed by atoms with Crippen LogP contribution in [0.3, 0.4) is 0 Å². The van der Waals surface area contributed by atoms with E-state index in [-0.39, 0.29) is 0 Å². The van der Waals surface area contributed by atoms with Gasteiger partial charge in [-0.1, -0.05) is 33.1 Å². The maximum Gasteiger partial charge on any atom is 0.0232 e. The van der Waals surface area contributed by atoms with Crippen molar-refractivity contribution in [3.05, 3.63) is 0 Å².